The van der Waals surface area contributed by atoms with Crippen LogP contribution < -0.4 is 9.47 Å². The number of ether oxygens (including phenoxy) is 2. The van der Waals surface area contributed by atoms with E-state index in [9.17, 15) is 13.2 Å². The third kappa shape index (κ3) is 5.74. The number of aliphatic imine (C=N–C) groups is 1. The van der Waals surface area contributed by atoms with Crippen molar-refractivity contribution in [2.75, 3.05) is 6.54 Å². The Morgan fingerprint density at radius 2 is 1.34 bits per heavy atom. The van der Waals surface area contributed by atoms with Gasteiger partial charge in [-0.1, -0.05) is 42.5 Å². The minimum Gasteiger partial charge on any atom is -0.457 e. The summed E-state index contributed by atoms with van der Waals surface area (Å²) in [6.45, 7) is 2.29. The van der Waals surface area contributed by atoms with Gasteiger partial charge in [-0.05, 0) is 73.2 Å². The summed E-state index contributed by atoms with van der Waals surface area (Å²) < 4.78 is 52.8. The van der Waals surface area contributed by atoms with Crippen molar-refractivity contribution >= 4 is 11.3 Å². The Balaban J connectivity index is 1.54. The molecule has 1 aliphatic rings. The van der Waals surface area contributed by atoms with Crippen molar-refractivity contribution in [2.24, 2.45) is 4.99 Å². The maximum absolute atomic E-state index is 13.4. The summed E-state index contributed by atoms with van der Waals surface area (Å²) in [5.41, 5.74) is 2.84. The van der Waals surface area contributed by atoms with Crippen molar-refractivity contribution in [3.63, 3.8) is 0 Å². The molecule has 1 N–H and O–H groups in total. The van der Waals surface area contributed by atoms with Crippen molar-refractivity contribution in [2.45, 2.75) is 13.1 Å². The van der Waals surface area contributed by atoms with Crippen LogP contribution in [-0.2, 0) is 6.18 Å². The van der Waals surface area contributed by atoms with Gasteiger partial charge in [-0.25, -0.2) is 4.98 Å². The molecule has 3 aromatic carbocycles. The van der Waals surface area contributed by atoms with Gasteiger partial charge in [0.25, 0.3) is 0 Å². The number of hydrogen-bond donors (Lipinski definition) is 1. The summed E-state index contributed by atoms with van der Waals surface area (Å²) in [6, 6.07) is 28.6. The Bertz CT molecular complexity index is 1700. The average molecular weight is 553 g/mol. The molecule has 0 saturated carbocycles. The molecule has 6 nitrogen and oxygen atoms in total. The molecule has 0 amide bonds. The topological polar surface area (TPSA) is 72.4 Å². The second-order valence-corrected chi connectivity index (χ2v) is 9.38. The van der Waals surface area contributed by atoms with Crippen molar-refractivity contribution in [1.29, 1.82) is 0 Å². The van der Waals surface area contributed by atoms with Gasteiger partial charge in [0.05, 0.1) is 23.5 Å². The molecule has 9 heteroatoms. The highest BCUT2D eigenvalue weighted by Gasteiger charge is 2.33. The molecule has 0 atom stereocenters. The molecular formula is C32H23F3N4O2. The Morgan fingerprint density at radius 3 is 1.88 bits per heavy atom. The molecule has 0 saturated heterocycles. The molecule has 41 heavy (non-hydrogen) atoms. The Hall–Kier alpha value is -5.18. The molecule has 1 aliphatic heterocycles. The van der Waals surface area contributed by atoms with Crippen LogP contribution in [0.25, 0.3) is 28.1 Å². The van der Waals surface area contributed by atoms with E-state index in [1.165, 1.54) is 0 Å². The van der Waals surface area contributed by atoms with E-state index in [1.807, 2.05) is 97.9 Å². The maximum Gasteiger partial charge on any atom is 0.432 e. The van der Waals surface area contributed by atoms with Gasteiger partial charge >= 0.3 is 6.18 Å². The summed E-state index contributed by atoms with van der Waals surface area (Å²) in [7, 11) is 0. The summed E-state index contributed by atoms with van der Waals surface area (Å²) in [6.07, 6.45) is -2.66. The van der Waals surface area contributed by atoms with Gasteiger partial charge in [-0.3, -0.25) is 10.1 Å². The number of aromatic amines is 1. The van der Waals surface area contributed by atoms with E-state index in [1.54, 1.807) is 6.07 Å². The quantitative estimate of drug-likeness (QED) is 0.219. The van der Waals surface area contributed by atoms with E-state index in [0.717, 1.165) is 17.4 Å². The van der Waals surface area contributed by atoms with Gasteiger partial charge in [0.15, 0.2) is 0 Å². The lowest BCUT2D eigenvalue weighted by Gasteiger charge is -2.18. The maximum atomic E-state index is 13.4. The number of nitrogens with one attached hydrogen (secondary N) is 1. The normalized spacial score (nSPS) is 13.1. The monoisotopic (exact) mass is 552 g/mol. The summed E-state index contributed by atoms with van der Waals surface area (Å²) in [4.78, 5) is 9.14. The molecule has 0 spiro atoms. The lowest BCUT2D eigenvalue weighted by Crippen LogP contribution is -2.04. The first-order chi connectivity index (χ1) is 19.8. The van der Waals surface area contributed by atoms with Crippen LogP contribution in [-0.4, -0.2) is 27.4 Å². The highest BCUT2D eigenvalue weighted by Crippen LogP contribution is 2.44. The highest BCUT2D eigenvalue weighted by atomic mass is 19.4. The molecule has 3 heterocycles. The lowest BCUT2D eigenvalue weighted by atomic mass is 9.99. The summed E-state index contributed by atoms with van der Waals surface area (Å²) in [5.74, 6) is 2.23. The minimum atomic E-state index is -4.57. The molecular weight excluding hydrogens is 529 g/mol. The number of rotatable bonds is 7. The van der Waals surface area contributed by atoms with E-state index in [-0.39, 0.29) is 11.4 Å². The molecule has 0 fully saturated rings. The van der Waals surface area contributed by atoms with Crippen LogP contribution in [0.1, 0.15) is 18.3 Å². The number of aromatic nitrogens is 3. The highest BCUT2D eigenvalue weighted by molar-refractivity contribution is 6.03. The molecule has 0 bridgehead atoms. The number of nitrogens with zero attached hydrogens (tertiary/aromatic N) is 3. The van der Waals surface area contributed by atoms with Crippen molar-refractivity contribution in [3.8, 4) is 45.5 Å². The fourth-order valence-electron chi connectivity index (χ4n) is 4.47. The number of halogens is 3. The number of H-pyrrole nitrogens is 1. The predicted molar refractivity (Wildman–Crippen MR) is 151 cm³/mol. The lowest BCUT2D eigenvalue weighted by molar-refractivity contribution is -0.141. The number of hydrogen-bond acceptors (Lipinski definition) is 5. The molecule has 5 aromatic rings. The zero-order valence-electron chi connectivity index (χ0n) is 21.8. The fraction of sp³-hybridized carbons (Fsp3) is 0.0938. The summed E-state index contributed by atoms with van der Waals surface area (Å²) >= 11 is 0. The van der Waals surface area contributed by atoms with Gasteiger partial charge in [0.2, 0.25) is 0 Å². The van der Waals surface area contributed by atoms with E-state index in [0.29, 0.717) is 46.4 Å². The van der Waals surface area contributed by atoms with Crippen LogP contribution >= 0.6 is 0 Å². The van der Waals surface area contributed by atoms with Gasteiger partial charge in [0.1, 0.15) is 34.4 Å². The molecule has 6 rings (SSSR count). The van der Waals surface area contributed by atoms with Crippen LogP contribution in [0, 0.1) is 0 Å². The number of pyridine rings is 1. The first-order valence-corrected chi connectivity index (χ1v) is 12.8. The van der Waals surface area contributed by atoms with Crippen LogP contribution in [0.2, 0.25) is 0 Å². The Labute approximate surface area is 233 Å². The second-order valence-electron chi connectivity index (χ2n) is 9.38. The number of allylic oxidation sites excluding steroid dienone is 1. The standard InChI is InChI=1S/C32H23F3N4O2/c1-20-15-22(19-36-20)25-16-21(17-26(37-25)27-18-30(39-38-27)32(33,34)35)31-28(40-23-9-4-2-5-10-23)13-8-14-29(31)41-24-11-6-3-7-12-24/h2-18H,19H2,1H3,(H,38,39). The smallest absolute Gasteiger partial charge is 0.432 e. The van der Waals surface area contributed by atoms with Gasteiger partial charge < -0.3 is 9.47 Å². The number of para-hydroxylation sites is 2. The minimum absolute atomic E-state index is 0.0589. The zero-order valence-corrected chi connectivity index (χ0v) is 21.8. The van der Waals surface area contributed by atoms with E-state index in [4.69, 9.17) is 14.5 Å². The van der Waals surface area contributed by atoms with Crippen molar-refractivity contribution in [3.05, 3.63) is 115 Å². The van der Waals surface area contributed by atoms with Crippen molar-refractivity contribution < 1.29 is 22.6 Å². The van der Waals surface area contributed by atoms with Crippen molar-refractivity contribution in [1.82, 2.24) is 15.2 Å². The molecule has 0 aliphatic carbocycles. The molecule has 0 unspecified atom stereocenters. The van der Waals surface area contributed by atoms with E-state index in [2.05, 4.69) is 15.2 Å². The Kier molecular flexibility index (Phi) is 6.84. The first-order valence-electron chi connectivity index (χ1n) is 12.8. The van der Waals surface area contributed by atoms with Crippen LogP contribution in [0.15, 0.2) is 108 Å². The van der Waals surface area contributed by atoms with Gasteiger partial charge in [-0.2, -0.15) is 18.3 Å². The fourth-order valence-corrected chi connectivity index (χ4v) is 4.47. The van der Waals surface area contributed by atoms with Crippen LogP contribution in [0.4, 0.5) is 13.2 Å². The number of alkyl halides is 3. The van der Waals surface area contributed by atoms with Crippen LogP contribution in [0.3, 0.4) is 0 Å². The van der Waals surface area contributed by atoms with E-state index < -0.39 is 11.9 Å². The largest absolute Gasteiger partial charge is 0.457 e. The molecule has 0 radical (unpaired) electrons. The zero-order chi connectivity index (χ0) is 28.4. The molecule has 204 valence electrons. The first kappa shape index (κ1) is 26.1. The second kappa shape index (κ2) is 10.8. The number of benzene rings is 3. The van der Waals surface area contributed by atoms with Crippen LogP contribution in [0.5, 0.6) is 23.0 Å². The van der Waals surface area contributed by atoms with E-state index >= 15 is 0 Å². The average Bonchev–Trinajstić information content (AvgIpc) is 3.64. The molecule has 2 aromatic heterocycles. The van der Waals surface area contributed by atoms with Gasteiger partial charge in [0, 0.05) is 11.3 Å². The third-order valence-electron chi connectivity index (χ3n) is 6.40. The third-order valence-corrected chi connectivity index (χ3v) is 6.40. The predicted octanol–water partition coefficient (Wildman–Crippen LogP) is 8.60. The SMILES string of the molecule is CC1=NCC(c2cc(-c3c(Oc4ccccc4)cccc3Oc3ccccc3)cc(-c3cc(C(F)(F)F)[nH]n3)n2)=C1. The van der Waals surface area contributed by atoms with Gasteiger partial charge in [-0.15, -0.1) is 0 Å². The summed E-state index contributed by atoms with van der Waals surface area (Å²) in [5, 5.41) is 6.02. The Morgan fingerprint density at radius 1 is 0.732 bits per heavy atom.